The number of para-hydroxylation sites is 2. The van der Waals surface area contributed by atoms with Crippen LogP contribution in [0.2, 0.25) is 0 Å². The fraction of sp³-hybridized carbons (Fsp3) is 0.211. The Kier molecular flexibility index (Phi) is 5.17. The van der Waals surface area contributed by atoms with Crippen LogP contribution in [0.3, 0.4) is 0 Å². The van der Waals surface area contributed by atoms with Crippen LogP contribution in [0.15, 0.2) is 48.5 Å². The second-order valence-electron chi connectivity index (χ2n) is 5.73. The minimum absolute atomic E-state index is 0.0596. The minimum atomic E-state index is -0.209. The molecule has 2 amide bonds. The molecule has 3 aromatic rings. The molecule has 2 N–H and O–H groups in total. The highest BCUT2D eigenvalue weighted by Crippen LogP contribution is 2.19. The molecule has 26 heavy (non-hydrogen) atoms. The van der Waals surface area contributed by atoms with Crippen molar-refractivity contribution in [3.05, 3.63) is 54.4 Å². The quantitative estimate of drug-likeness (QED) is 0.710. The third-order valence-corrected chi connectivity index (χ3v) is 3.99. The maximum atomic E-state index is 12.5. The summed E-state index contributed by atoms with van der Waals surface area (Å²) in [6.45, 7) is 0.0596. The fourth-order valence-corrected chi connectivity index (χ4v) is 2.71. The van der Waals surface area contributed by atoms with Crippen LogP contribution in [0.5, 0.6) is 5.75 Å². The molecule has 7 nitrogen and oxygen atoms in total. The molecule has 1 aromatic heterocycles. The van der Waals surface area contributed by atoms with Gasteiger partial charge in [0.1, 0.15) is 18.1 Å². The van der Waals surface area contributed by atoms with Gasteiger partial charge in [0.2, 0.25) is 11.8 Å². The van der Waals surface area contributed by atoms with E-state index in [4.69, 9.17) is 4.74 Å². The average Bonchev–Trinajstić information content (AvgIpc) is 2.98. The second-order valence-corrected chi connectivity index (χ2v) is 5.73. The molecule has 0 atom stereocenters. The van der Waals surface area contributed by atoms with E-state index in [2.05, 4.69) is 15.6 Å². The number of benzene rings is 2. The monoisotopic (exact) mass is 352 g/mol. The van der Waals surface area contributed by atoms with Gasteiger partial charge >= 0.3 is 0 Å². The lowest BCUT2D eigenvalue weighted by Crippen LogP contribution is -2.24. The van der Waals surface area contributed by atoms with Crippen LogP contribution in [0.1, 0.15) is 5.82 Å². The third-order valence-electron chi connectivity index (χ3n) is 3.99. The molecule has 3 rings (SSSR count). The molecular formula is C19H20N4O3. The number of amides is 2. The predicted molar refractivity (Wildman–Crippen MR) is 99.1 cm³/mol. The first-order chi connectivity index (χ1) is 12.6. The molecule has 0 saturated heterocycles. The second kappa shape index (κ2) is 7.69. The Morgan fingerprint density at radius 3 is 2.69 bits per heavy atom. The van der Waals surface area contributed by atoms with Crippen molar-refractivity contribution in [3.8, 4) is 5.75 Å². The number of ether oxygens (including phenoxy) is 1. The van der Waals surface area contributed by atoms with E-state index in [0.717, 1.165) is 11.0 Å². The van der Waals surface area contributed by atoms with Crippen LogP contribution in [-0.2, 0) is 22.6 Å². The summed E-state index contributed by atoms with van der Waals surface area (Å²) < 4.78 is 6.93. The summed E-state index contributed by atoms with van der Waals surface area (Å²) in [5.41, 5.74) is 2.21. The molecule has 0 bridgehead atoms. The number of hydrogen-bond acceptors (Lipinski definition) is 4. The van der Waals surface area contributed by atoms with Gasteiger partial charge in [-0.15, -0.1) is 0 Å². The van der Waals surface area contributed by atoms with Gasteiger partial charge < -0.3 is 19.9 Å². The highest BCUT2D eigenvalue weighted by molar-refractivity contribution is 5.92. The number of nitrogens with one attached hydrogen (secondary N) is 2. The maximum absolute atomic E-state index is 12.5. The molecule has 0 aliphatic rings. The highest BCUT2D eigenvalue weighted by Gasteiger charge is 2.16. The van der Waals surface area contributed by atoms with E-state index >= 15 is 0 Å². The number of fused-ring (bicyclic) bond motifs is 1. The Morgan fingerprint density at radius 1 is 1.12 bits per heavy atom. The molecule has 0 radical (unpaired) electrons. The van der Waals surface area contributed by atoms with Crippen LogP contribution in [-0.4, -0.2) is 35.5 Å². The first-order valence-electron chi connectivity index (χ1n) is 8.19. The number of aromatic nitrogens is 2. The van der Waals surface area contributed by atoms with Crippen molar-refractivity contribution in [1.29, 1.82) is 0 Å². The summed E-state index contributed by atoms with van der Waals surface area (Å²) in [5, 5.41) is 5.43. The Bertz CT molecular complexity index is 949. The fourth-order valence-electron chi connectivity index (χ4n) is 2.71. The maximum Gasteiger partial charge on any atom is 0.244 e. The number of anilines is 1. The number of imidazole rings is 1. The Morgan fingerprint density at radius 2 is 1.92 bits per heavy atom. The van der Waals surface area contributed by atoms with Crippen molar-refractivity contribution >= 4 is 28.5 Å². The van der Waals surface area contributed by atoms with Gasteiger partial charge in [0.05, 0.1) is 24.6 Å². The van der Waals surface area contributed by atoms with Gasteiger partial charge in [0, 0.05) is 18.8 Å². The first kappa shape index (κ1) is 17.5. The van der Waals surface area contributed by atoms with Gasteiger partial charge in [-0.3, -0.25) is 9.59 Å². The van der Waals surface area contributed by atoms with Crippen LogP contribution >= 0.6 is 0 Å². The lowest BCUT2D eigenvalue weighted by Gasteiger charge is -2.10. The van der Waals surface area contributed by atoms with E-state index in [1.807, 2.05) is 24.3 Å². The van der Waals surface area contributed by atoms with Gasteiger partial charge in [-0.1, -0.05) is 18.2 Å². The molecule has 0 fully saturated rings. The molecular weight excluding hydrogens is 332 g/mol. The van der Waals surface area contributed by atoms with Crippen molar-refractivity contribution in [2.75, 3.05) is 19.5 Å². The van der Waals surface area contributed by atoms with Gasteiger partial charge in [-0.05, 0) is 24.3 Å². The molecule has 0 unspecified atom stereocenters. The van der Waals surface area contributed by atoms with E-state index in [9.17, 15) is 9.59 Å². The topological polar surface area (TPSA) is 85.2 Å². The van der Waals surface area contributed by atoms with Crippen LogP contribution in [0, 0.1) is 0 Å². The summed E-state index contributed by atoms with van der Waals surface area (Å²) in [5.74, 6) is 0.844. The number of likely N-dealkylation sites (N-methyl/N-ethyl adjacent to an activating group) is 1. The van der Waals surface area contributed by atoms with E-state index in [-0.39, 0.29) is 24.8 Å². The molecule has 0 aliphatic carbocycles. The number of carbonyl (C=O) groups is 2. The Labute approximate surface area is 151 Å². The molecule has 0 saturated carbocycles. The number of carbonyl (C=O) groups excluding carboxylic acids is 2. The Hall–Kier alpha value is -3.35. The van der Waals surface area contributed by atoms with E-state index < -0.39 is 0 Å². The van der Waals surface area contributed by atoms with Crippen molar-refractivity contribution in [2.24, 2.45) is 0 Å². The number of nitrogens with zero attached hydrogens (tertiary/aromatic N) is 2. The SMILES string of the molecule is CNC(=O)Cc1nc2ccccc2n1CC(=O)Nc1cccc(OC)c1. The summed E-state index contributed by atoms with van der Waals surface area (Å²) in [7, 11) is 3.15. The minimum Gasteiger partial charge on any atom is -0.497 e. The molecule has 0 spiro atoms. The largest absolute Gasteiger partial charge is 0.497 e. The smallest absolute Gasteiger partial charge is 0.244 e. The molecule has 2 aromatic carbocycles. The summed E-state index contributed by atoms with van der Waals surface area (Å²) in [6, 6.07) is 14.6. The van der Waals surface area contributed by atoms with Gasteiger partial charge in [0.25, 0.3) is 0 Å². The Balaban J connectivity index is 1.85. The number of rotatable bonds is 6. The van der Waals surface area contributed by atoms with Crippen LogP contribution in [0.25, 0.3) is 11.0 Å². The van der Waals surface area contributed by atoms with E-state index in [0.29, 0.717) is 17.3 Å². The van der Waals surface area contributed by atoms with E-state index in [1.54, 1.807) is 43.0 Å². The molecule has 7 heteroatoms. The number of methoxy groups -OCH3 is 1. The lowest BCUT2D eigenvalue weighted by molar-refractivity contribution is -0.120. The zero-order valence-corrected chi connectivity index (χ0v) is 14.7. The van der Waals surface area contributed by atoms with Gasteiger partial charge in [-0.2, -0.15) is 0 Å². The normalized spacial score (nSPS) is 10.5. The van der Waals surface area contributed by atoms with E-state index in [1.165, 1.54) is 0 Å². The summed E-state index contributed by atoms with van der Waals surface area (Å²) in [4.78, 5) is 28.8. The summed E-state index contributed by atoms with van der Waals surface area (Å²) >= 11 is 0. The third kappa shape index (κ3) is 3.83. The van der Waals surface area contributed by atoms with Crippen molar-refractivity contribution < 1.29 is 14.3 Å². The van der Waals surface area contributed by atoms with Gasteiger partial charge in [-0.25, -0.2) is 4.98 Å². The lowest BCUT2D eigenvalue weighted by atomic mass is 10.3. The average molecular weight is 352 g/mol. The van der Waals surface area contributed by atoms with Crippen molar-refractivity contribution in [1.82, 2.24) is 14.9 Å². The van der Waals surface area contributed by atoms with Crippen molar-refractivity contribution in [2.45, 2.75) is 13.0 Å². The van der Waals surface area contributed by atoms with Crippen LogP contribution in [0.4, 0.5) is 5.69 Å². The predicted octanol–water partition coefficient (Wildman–Crippen LogP) is 1.97. The number of hydrogen-bond donors (Lipinski definition) is 2. The van der Waals surface area contributed by atoms with Gasteiger partial charge in [0.15, 0.2) is 0 Å². The molecule has 0 aliphatic heterocycles. The summed E-state index contributed by atoms with van der Waals surface area (Å²) in [6.07, 6.45) is 0.109. The zero-order valence-electron chi connectivity index (χ0n) is 14.7. The van der Waals surface area contributed by atoms with Crippen molar-refractivity contribution in [3.63, 3.8) is 0 Å². The van der Waals surface area contributed by atoms with Crippen LogP contribution < -0.4 is 15.4 Å². The highest BCUT2D eigenvalue weighted by atomic mass is 16.5. The first-order valence-corrected chi connectivity index (χ1v) is 8.19. The zero-order chi connectivity index (χ0) is 18.5. The molecule has 134 valence electrons. The standard InChI is InChI=1S/C19H20N4O3/c1-20-18(24)11-17-22-15-8-3-4-9-16(15)23(17)12-19(25)21-13-6-5-7-14(10-13)26-2/h3-10H,11-12H2,1-2H3,(H,20,24)(H,21,25). The molecule has 1 heterocycles.